The SMILES string of the molecule is Cc1ccc(S(=O)(=O)NC23CC(n4cnc5cnc6[nH]ccc6c54)(C2)C3)cc1. The summed E-state index contributed by atoms with van der Waals surface area (Å²) >= 11 is 0. The molecule has 3 heterocycles. The molecule has 0 unspecified atom stereocenters. The predicted molar refractivity (Wildman–Crippen MR) is 105 cm³/mol. The summed E-state index contributed by atoms with van der Waals surface area (Å²) in [7, 11) is -3.51. The van der Waals surface area contributed by atoms with Crippen molar-refractivity contribution < 1.29 is 8.42 Å². The fraction of sp³-hybridized carbons (Fsp3) is 0.300. The summed E-state index contributed by atoms with van der Waals surface area (Å²) in [6.45, 7) is 1.95. The average Bonchev–Trinajstić information content (AvgIpc) is 3.23. The Hall–Kier alpha value is -2.71. The van der Waals surface area contributed by atoms with E-state index in [9.17, 15) is 8.42 Å². The third-order valence-electron chi connectivity index (χ3n) is 6.29. The predicted octanol–water partition coefficient (Wildman–Crippen LogP) is 2.83. The molecule has 3 aliphatic carbocycles. The number of hydrogen-bond acceptors (Lipinski definition) is 4. The fourth-order valence-corrected chi connectivity index (χ4v) is 6.43. The van der Waals surface area contributed by atoms with Crippen molar-refractivity contribution in [3.05, 3.63) is 54.6 Å². The second-order valence-electron chi connectivity index (χ2n) is 8.30. The third kappa shape index (κ3) is 2.04. The summed E-state index contributed by atoms with van der Waals surface area (Å²) in [6.07, 6.45) is 7.89. The molecule has 0 aliphatic heterocycles. The second-order valence-corrected chi connectivity index (χ2v) is 9.98. The molecule has 2 bridgehead atoms. The van der Waals surface area contributed by atoms with Crippen LogP contribution in [0.15, 0.2) is 53.9 Å². The van der Waals surface area contributed by atoms with Gasteiger partial charge in [0.05, 0.1) is 28.5 Å². The maximum absolute atomic E-state index is 12.8. The standard InChI is InChI=1S/C20H19N5O2S/c1-13-2-4-14(5-3-13)28(26,27)24-19-9-20(10-19,11-19)25-12-23-16-8-22-18-15(17(16)25)6-7-21-18/h2-8,12,24H,9-11H2,1H3,(H,21,22). The van der Waals surface area contributed by atoms with E-state index < -0.39 is 10.0 Å². The second kappa shape index (κ2) is 5.01. The lowest BCUT2D eigenvalue weighted by molar-refractivity contribution is -0.122. The lowest BCUT2D eigenvalue weighted by Gasteiger charge is -2.70. The van der Waals surface area contributed by atoms with Gasteiger partial charge in [0.2, 0.25) is 10.0 Å². The fourth-order valence-electron chi connectivity index (χ4n) is 5.03. The first-order chi connectivity index (χ1) is 13.4. The highest BCUT2D eigenvalue weighted by Gasteiger charge is 2.70. The summed E-state index contributed by atoms with van der Waals surface area (Å²) in [4.78, 5) is 12.4. The molecule has 0 amide bonds. The number of nitrogens with zero attached hydrogens (tertiary/aromatic N) is 3. The van der Waals surface area contributed by atoms with Gasteiger partial charge in [0, 0.05) is 17.1 Å². The lowest BCUT2D eigenvalue weighted by Crippen LogP contribution is -2.78. The van der Waals surface area contributed by atoms with Gasteiger partial charge >= 0.3 is 0 Å². The first-order valence-electron chi connectivity index (χ1n) is 9.30. The summed E-state index contributed by atoms with van der Waals surface area (Å²) in [5, 5.41) is 1.05. The molecule has 7 nitrogen and oxygen atoms in total. The highest BCUT2D eigenvalue weighted by Crippen LogP contribution is 2.66. The lowest BCUT2D eigenvalue weighted by atomic mass is 9.44. The summed E-state index contributed by atoms with van der Waals surface area (Å²) in [5.74, 6) is 0. The van der Waals surface area contributed by atoms with Crippen molar-refractivity contribution in [2.75, 3.05) is 0 Å². The Morgan fingerprint density at radius 3 is 2.61 bits per heavy atom. The largest absolute Gasteiger partial charge is 0.346 e. The number of rotatable bonds is 4. The van der Waals surface area contributed by atoms with Crippen LogP contribution in [0.4, 0.5) is 0 Å². The Morgan fingerprint density at radius 1 is 1.11 bits per heavy atom. The first kappa shape index (κ1) is 16.3. The van der Waals surface area contributed by atoms with Gasteiger partial charge in [-0.05, 0) is 44.4 Å². The van der Waals surface area contributed by atoms with Gasteiger partial charge in [0.25, 0.3) is 0 Å². The van der Waals surface area contributed by atoms with Crippen molar-refractivity contribution in [1.82, 2.24) is 24.2 Å². The highest BCUT2D eigenvalue weighted by molar-refractivity contribution is 7.89. The van der Waals surface area contributed by atoms with Gasteiger partial charge < -0.3 is 9.55 Å². The Labute approximate surface area is 161 Å². The normalized spacial score (nSPS) is 26.3. The number of nitrogens with one attached hydrogen (secondary N) is 2. The molecular formula is C20H19N5O2S. The van der Waals surface area contributed by atoms with Crippen LogP contribution in [-0.4, -0.2) is 33.5 Å². The molecule has 0 radical (unpaired) electrons. The Kier molecular flexibility index (Phi) is 2.91. The van der Waals surface area contributed by atoms with Gasteiger partial charge in [0.15, 0.2) is 0 Å². The zero-order valence-corrected chi connectivity index (χ0v) is 16.1. The molecular weight excluding hydrogens is 374 g/mol. The molecule has 1 aromatic carbocycles. The number of aromatic amines is 1. The minimum Gasteiger partial charge on any atom is -0.346 e. The van der Waals surface area contributed by atoms with Crippen molar-refractivity contribution in [2.24, 2.45) is 0 Å². The van der Waals surface area contributed by atoms with Gasteiger partial charge in [-0.15, -0.1) is 0 Å². The number of pyridine rings is 1. The summed E-state index contributed by atoms with van der Waals surface area (Å²) in [6, 6.07) is 9.00. The van der Waals surface area contributed by atoms with E-state index >= 15 is 0 Å². The van der Waals surface area contributed by atoms with E-state index in [0.29, 0.717) is 4.90 Å². The molecule has 0 atom stereocenters. The summed E-state index contributed by atoms with van der Waals surface area (Å²) < 4.78 is 30.7. The minimum absolute atomic E-state index is 0.0594. The van der Waals surface area contributed by atoms with Crippen LogP contribution in [0.5, 0.6) is 0 Å². The number of sulfonamides is 1. The molecule has 7 rings (SSSR count). The van der Waals surface area contributed by atoms with Gasteiger partial charge in [-0.1, -0.05) is 17.7 Å². The summed E-state index contributed by atoms with van der Waals surface area (Å²) in [5.41, 5.74) is 3.42. The van der Waals surface area contributed by atoms with Crippen molar-refractivity contribution in [3.8, 4) is 0 Å². The molecule has 3 saturated carbocycles. The van der Waals surface area contributed by atoms with E-state index in [-0.39, 0.29) is 11.1 Å². The van der Waals surface area contributed by atoms with Crippen molar-refractivity contribution in [2.45, 2.75) is 42.2 Å². The van der Waals surface area contributed by atoms with Crippen LogP contribution in [-0.2, 0) is 15.6 Å². The first-order valence-corrected chi connectivity index (χ1v) is 10.8. The van der Waals surface area contributed by atoms with Crippen LogP contribution in [0.25, 0.3) is 22.1 Å². The van der Waals surface area contributed by atoms with Crippen LogP contribution in [0.1, 0.15) is 24.8 Å². The van der Waals surface area contributed by atoms with Crippen LogP contribution in [0.2, 0.25) is 0 Å². The molecule has 3 aromatic heterocycles. The van der Waals surface area contributed by atoms with E-state index in [0.717, 1.165) is 46.9 Å². The van der Waals surface area contributed by atoms with Gasteiger partial charge in [-0.2, -0.15) is 0 Å². The Bertz CT molecular complexity index is 1330. The Balaban J connectivity index is 1.30. The third-order valence-corrected chi connectivity index (χ3v) is 7.88. The number of fused-ring (bicyclic) bond motifs is 3. The van der Waals surface area contributed by atoms with Crippen LogP contribution < -0.4 is 4.72 Å². The van der Waals surface area contributed by atoms with Crippen LogP contribution in [0.3, 0.4) is 0 Å². The molecule has 0 saturated heterocycles. The average molecular weight is 393 g/mol. The molecule has 142 valence electrons. The van der Waals surface area contributed by atoms with Gasteiger partial charge in [-0.3, -0.25) is 0 Å². The highest BCUT2D eigenvalue weighted by atomic mass is 32.2. The van der Waals surface area contributed by atoms with E-state index in [4.69, 9.17) is 0 Å². The van der Waals surface area contributed by atoms with E-state index in [1.165, 1.54) is 0 Å². The van der Waals surface area contributed by atoms with Crippen molar-refractivity contribution in [1.29, 1.82) is 0 Å². The number of H-pyrrole nitrogens is 1. The molecule has 28 heavy (non-hydrogen) atoms. The van der Waals surface area contributed by atoms with Crippen LogP contribution >= 0.6 is 0 Å². The molecule has 0 spiro atoms. The number of aromatic nitrogens is 4. The molecule has 4 aromatic rings. The molecule has 8 heteroatoms. The number of aryl methyl sites for hydroxylation is 1. The number of benzene rings is 1. The van der Waals surface area contributed by atoms with Gasteiger partial charge in [-0.25, -0.2) is 23.1 Å². The molecule has 3 aliphatic rings. The molecule has 2 N–H and O–H groups in total. The zero-order valence-electron chi connectivity index (χ0n) is 15.3. The van der Waals surface area contributed by atoms with Crippen molar-refractivity contribution in [3.63, 3.8) is 0 Å². The topological polar surface area (TPSA) is 92.7 Å². The van der Waals surface area contributed by atoms with E-state index in [2.05, 4.69) is 24.2 Å². The zero-order chi connectivity index (χ0) is 19.1. The van der Waals surface area contributed by atoms with Crippen molar-refractivity contribution >= 4 is 32.1 Å². The van der Waals surface area contributed by atoms with E-state index in [1.54, 1.807) is 18.3 Å². The van der Waals surface area contributed by atoms with Gasteiger partial charge in [0.1, 0.15) is 11.2 Å². The molecule has 3 fully saturated rings. The number of hydrogen-bond donors (Lipinski definition) is 2. The maximum Gasteiger partial charge on any atom is 0.241 e. The monoisotopic (exact) mass is 393 g/mol. The minimum atomic E-state index is -3.51. The van der Waals surface area contributed by atoms with E-state index in [1.807, 2.05) is 37.6 Å². The quantitative estimate of drug-likeness (QED) is 0.558. The Morgan fingerprint density at radius 2 is 1.86 bits per heavy atom. The van der Waals surface area contributed by atoms with Crippen LogP contribution in [0, 0.1) is 6.92 Å². The maximum atomic E-state index is 12.8. The number of imidazole rings is 1. The smallest absolute Gasteiger partial charge is 0.241 e.